The number of fused-ring (bicyclic) bond motifs is 3. The molecule has 7 amide bonds. The third kappa shape index (κ3) is 14.4. The number of aliphatic imine (C=N–C) groups is 5. The van der Waals surface area contributed by atoms with Crippen molar-refractivity contribution in [2.45, 2.75) is 43.1 Å². The molecule has 4 aromatic rings. The molecule has 0 aromatic heterocycles. The quantitative estimate of drug-likeness (QED) is 0.0169. The minimum absolute atomic E-state index is 0.149. The maximum atomic E-state index is 14.0. The number of amides is 7. The van der Waals surface area contributed by atoms with Gasteiger partial charge < -0.3 is 94.3 Å². The first-order valence-corrected chi connectivity index (χ1v) is 19.5. The van der Waals surface area contributed by atoms with Crippen LogP contribution in [0.3, 0.4) is 0 Å². The van der Waals surface area contributed by atoms with E-state index in [0.29, 0.717) is 5.56 Å². The first kappa shape index (κ1) is 51.0. The van der Waals surface area contributed by atoms with Gasteiger partial charge in [0, 0.05) is 11.8 Å². The zero-order chi connectivity index (χ0) is 50.2. The van der Waals surface area contributed by atoms with Crippen LogP contribution in [0.2, 0.25) is 0 Å². The first-order valence-electron chi connectivity index (χ1n) is 19.5. The third-order valence-corrected chi connectivity index (χ3v) is 8.90. The SMILES string of the molecule is NC(=O)C(N)NC(=O)C(N=C(N)N)NC(=O)C(N=C(N)N)NC(=O)C(N=C(N)N)NC(=O)C(N=C(N)N)NC(=O)C(NC(=O)C(O)N=Cc1cc2ccccc2c2ccccc12)c1ccccc1. The molecule has 7 unspecified atom stereocenters. The Kier molecular flexibility index (Phi) is 17.5. The standard InChI is InChI=1S/C39H49N21O8/c40-23(24(41)61)52-30(63)25(57-36(42)43)54-32(65)27(59-38(46)47)56-33(66)28(60-39(48)49)55-31(64)26(58-37(44)45)53-29(62)22(16-8-2-1-3-9-16)51-35(68)34(67)50-15-18-14-17-10-4-5-11-19(17)21-13-7-6-12-20(18)21/h1-15,22-23,25-28,34,67H,40H2,(H2,41,61)(H,51,68)(H,52,63)(H,53,62)(H,54,65)(H,55,64)(H,56,66)(H4,42,43,57)(H4,44,45,58)(H4,46,47,59)(H4,48,49,60). The summed E-state index contributed by atoms with van der Waals surface area (Å²) < 4.78 is 0. The molecule has 0 saturated carbocycles. The highest BCUT2D eigenvalue weighted by atomic mass is 16.3. The summed E-state index contributed by atoms with van der Waals surface area (Å²) >= 11 is 0. The summed E-state index contributed by atoms with van der Waals surface area (Å²) in [5, 5.41) is 27.1. The van der Waals surface area contributed by atoms with Gasteiger partial charge in [0.2, 0.25) is 36.8 Å². The van der Waals surface area contributed by atoms with Gasteiger partial charge in [0.1, 0.15) is 6.04 Å². The number of carbonyl (C=O) groups excluding carboxylic acids is 7. The normalized spacial score (nSPS) is 13.9. The van der Waals surface area contributed by atoms with Gasteiger partial charge in [0.25, 0.3) is 35.4 Å². The lowest BCUT2D eigenvalue weighted by Crippen LogP contribution is -2.60. The van der Waals surface area contributed by atoms with Crippen LogP contribution in [0.15, 0.2) is 110 Å². The molecule has 0 fully saturated rings. The number of primary amides is 1. The number of carbonyl (C=O) groups is 7. The second-order valence-electron chi connectivity index (χ2n) is 14.0. The van der Waals surface area contributed by atoms with Crippen LogP contribution in [0.5, 0.6) is 0 Å². The highest BCUT2D eigenvalue weighted by molar-refractivity contribution is 6.14. The predicted octanol–water partition coefficient (Wildman–Crippen LogP) is -7.66. The maximum absolute atomic E-state index is 14.0. The summed E-state index contributed by atoms with van der Waals surface area (Å²) in [6.07, 6.45) is -11.0. The van der Waals surface area contributed by atoms with E-state index in [2.05, 4.69) is 40.9 Å². The molecule has 358 valence electrons. The molecule has 4 aromatic carbocycles. The Morgan fingerprint density at radius 3 is 1.32 bits per heavy atom. The number of aliphatic hydroxyl groups is 1. The molecular formula is C39H49N21O8. The molecule has 0 aliphatic heterocycles. The molecule has 29 heteroatoms. The number of rotatable bonds is 20. The summed E-state index contributed by atoms with van der Waals surface area (Å²) in [5.41, 5.74) is 55.0. The third-order valence-electron chi connectivity index (χ3n) is 8.90. The predicted molar refractivity (Wildman–Crippen MR) is 249 cm³/mol. The van der Waals surface area contributed by atoms with Crippen LogP contribution in [0, 0.1) is 0 Å². The number of hydrogen-bond donors (Lipinski definition) is 17. The summed E-state index contributed by atoms with van der Waals surface area (Å²) in [4.78, 5) is 111. The van der Waals surface area contributed by atoms with E-state index < -0.39 is 108 Å². The van der Waals surface area contributed by atoms with Crippen molar-refractivity contribution in [1.29, 1.82) is 0 Å². The van der Waals surface area contributed by atoms with E-state index in [1.807, 2.05) is 70.5 Å². The van der Waals surface area contributed by atoms with E-state index in [9.17, 15) is 38.7 Å². The number of nitrogens with two attached hydrogens (primary N) is 10. The van der Waals surface area contributed by atoms with Crippen LogP contribution in [0.1, 0.15) is 17.2 Å². The Labute approximate surface area is 384 Å². The fourth-order valence-corrected chi connectivity index (χ4v) is 5.96. The van der Waals surface area contributed by atoms with Gasteiger partial charge >= 0.3 is 0 Å². The highest BCUT2D eigenvalue weighted by Gasteiger charge is 2.34. The van der Waals surface area contributed by atoms with Gasteiger partial charge in [-0.1, -0.05) is 78.9 Å². The van der Waals surface area contributed by atoms with Crippen LogP contribution in [-0.4, -0.2) is 114 Å². The molecule has 27 N–H and O–H groups in total. The Balaban J connectivity index is 1.56. The van der Waals surface area contributed by atoms with Crippen LogP contribution in [0.4, 0.5) is 0 Å². The van der Waals surface area contributed by atoms with Crippen molar-refractivity contribution in [3.05, 3.63) is 96.1 Å². The Morgan fingerprint density at radius 1 is 0.471 bits per heavy atom. The van der Waals surface area contributed by atoms with E-state index >= 15 is 0 Å². The molecule has 0 saturated heterocycles. The molecule has 68 heavy (non-hydrogen) atoms. The van der Waals surface area contributed by atoms with Gasteiger partial charge in [-0.3, -0.25) is 38.6 Å². The summed E-state index contributed by atoms with van der Waals surface area (Å²) in [6, 6.07) is 22.9. The van der Waals surface area contributed by atoms with Crippen LogP contribution in [0.25, 0.3) is 21.5 Å². The number of aliphatic hydroxyl groups excluding tert-OH is 1. The van der Waals surface area contributed by atoms with Crippen molar-refractivity contribution in [3.8, 4) is 0 Å². The molecule has 0 heterocycles. The average molecular weight is 940 g/mol. The molecular weight excluding hydrogens is 891 g/mol. The van der Waals surface area contributed by atoms with Crippen LogP contribution < -0.4 is 89.2 Å². The summed E-state index contributed by atoms with van der Waals surface area (Å²) in [7, 11) is 0. The van der Waals surface area contributed by atoms with E-state index in [1.165, 1.54) is 30.5 Å². The van der Waals surface area contributed by atoms with Crippen LogP contribution >= 0.6 is 0 Å². The van der Waals surface area contributed by atoms with Gasteiger partial charge in [-0.05, 0) is 33.2 Å². The first-order chi connectivity index (χ1) is 32.1. The van der Waals surface area contributed by atoms with Gasteiger partial charge in [0.15, 0.2) is 30.0 Å². The number of guanidine groups is 4. The van der Waals surface area contributed by atoms with E-state index in [1.54, 1.807) is 6.07 Å². The average Bonchev–Trinajstić information content (AvgIpc) is 3.28. The lowest BCUT2D eigenvalue weighted by Gasteiger charge is -2.24. The van der Waals surface area contributed by atoms with Gasteiger partial charge in [-0.2, -0.15) is 0 Å². The maximum Gasteiger partial charge on any atom is 0.272 e. The number of nitrogens with one attached hydrogen (secondary N) is 6. The smallest absolute Gasteiger partial charge is 0.272 e. The van der Waals surface area contributed by atoms with Crippen LogP contribution in [-0.2, 0) is 33.6 Å². The molecule has 7 atom stereocenters. The molecule has 29 nitrogen and oxygen atoms in total. The molecule has 4 rings (SSSR count). The summed E-state index contributed by atoms with van der Waals surface area (Å²) in [6.45, 7) is 0. The Hall–Kier alpha value is -9.64. The summed E-state index contributed by atoms with van der Waals surface area (Å²) in [5.74, 6) is -12.0. The Bertz CT molecular complexity index is 2700. The minimum atomic E-state index is -2.19. The number of hydrogen-bond acceptors (Lipinski definition) is 14. The molecule has 0 radical (unpaired) electrons. The fraction of sp³-hybridized carbons (Fsp3) is 0.179. The van der Waals surface area contributed by atoms with Gasteiger partial charge in [0.05, 0.1) is 0 Å². The molecule has 0 aliphatic rings. The van der Waals surface area contributed by atoms with Crippen molar-refractivity contribution in [2.24, 2.45) is 82.3 Å². The second kappa shape index (κ2) is 23.3. The van der Waals surface area contributed by atoms with Crippen molar-refractivity contribution < 1.29 is 38.7 Å². The number of benzene rings is 4. The van der Waals surface area contributed by atoms with Crippen molar-refractivity contribution in [3.63, 3.8) is 0 Å². The zero-order valence-electron chi connectivity index (χ0n) is 35.5. The minimum Gasteiger partial charge on any atom is -0.370 e. The molecule has 0 aliphatic carbocycles. The topological polar surface area (TPSA) is 534 Å². The van der Waals surface area contributed by atoms with Crippen molar-refractivity contribution in [1.82, 2.24) is 31.9 Å². The van der Waals surface area contributed by atoms with Gasteiger partial charge in [-0.25, -0.2) is 20.0 Å². The second-order valence-corrected chi connectivity index (χ2v) is 14.0. The fourth-order valence-electron chi connectivity index (χ4n) is 5.96. The number of nitrogens with zero attached hydrogens (tertiary/aromatic N) is 5. The van der Waals surface area contributed by atoms with E-state index in [-0.39, 0.29) is 5.56 Å². The van der Waals surface area contributed by atoms with Crippen molar-refractivity contribution >= 4 is 92.9 Å². The lowest BCUT2D eigenvalue weighted by atomic mass is 9.98. The zero-order valence-corrected chi connectivity index (χ0v) is 35.5. The monoisotopic (exact) mass is 939 g/mol. The van der Waals surface area contributed by atoms with E-state index in [0.717, 1.165) is 21.5 Å². The largest absolute Gasteiger partial charge is 0.370 e. The highest BCUT2D eigenvalue weighted by Crippen LogP contribution is 2.28. The van der Waals surface area contributed by atoms with E-state index in [4.69, 9.17) is 57.3 Å². The van der Waals surface area contributed by atoms with Crippen molar-refractivity contribution in [2.75, 3.05) is 0 Å². The Morgan fingerprint density at radius 2 is 0.868 bits per heavy atom. The van der Waals surface area contributed by atoms with Gasteiger partial charge in [-0.15, -0.1) is 0 Å². The molecule has 0 spiro atoms. The molecule has 0 bridgehead atoms. The lowest BCUT2D eigenvalue weighted by molar-refractivity contribution is -0.136.